The van der Waals surface area contributed by atoms with Crippen LogP contribution in [0.15, 0.2) is 73.1 Å². The predicted molar refractivity (Wildman–Crippen MR) is 111 cm³/mol. The highest BCUT2D eigenvalue weighted by Crippen LogP contribution is 2.21. The molecule has 0 atom stereocenters. The van der Waals surface area contributed by atoms with E-state index in [1.807, 2.05) is 66.9 Å². The van der Waals surface area contributed by atoms with Crippen molar-refractivity contribution in [3.8, 4) is 22.8 Å². The molecule has 0 aliphatic heterocycles. The van der Waals surface area contributed by atoms with Crippen LogP contribution in [-0.2, 0) is 13.2 Å². The lowest BCUT2D eigenvalue weighted by molar-refractivity contribution is 0.306. The number of ether oxygens (including phenoxy) is 2. The van der Waals surface area contributed by atoms with E-state index in [4.69, 9.17) is 15.2 Å². The molecule has 2 heterocycles. The number of rotatable bonds is 7. The summed E-state index contributed by atoms with van der Waals surface area (Å²) in [6.45, 7) is 1.11. The van der Waals surface area contributed by atoms with Crippen molar-refractivity contribution in [2.45, 2.75) is 13.2 Å². The molecule has 7 heteroatoms. The minimum Gasteiger partial charge on any atom is -0.497 e. The second-order valence-electron chi connectivity index (χ2n) is 6.52. The molecule has 0 bridgehead atoms. The molecule has 4 aromatic rings. The second kappa shape index (κ2) is 8.43. The smallest absolute Gasteiger partial charge is 0.132 e. The van der Waals surface area contributed by atoms with E-state index >= 15 is 0 Å². The Kier molecular flexibility index (Phi) is 5.38. The van der Waals surface area contributed by atoms with E-state index < -0.39 is 0 Å². The molecule has 0 unspecified atom stereocenters. The molecule has 7 nitrogen and oxygen atoms in total. The lowest BCUT2D eigenvalue weighted by Gasteiger charge is -2.08. The van der Waals surface area contributed by atoms with Gasteiger partial charge in [-0.3, -0.25) is 0 Å². The summed E-state index contributed by atoms with van der Waals surface area (Å²) in [6, 6.07) is 19.5. The van der Waals surface area contributed by atoms with Gasteiger partial charge in [-0.05, 0) is 47.5 Å². The van der Waals surface area contributed by atoms with Gasteiger partial charge in [0.1, 0.15) is 29.6 Å². The number of anilines is 1. The third-order valence-corrected chi connectivity index (χ3v) is 4.49. The number of nitrogens with two attached hydrogens (primary N) is 1. The molecule has 29 heavy (non-hydrogen) atoms. The Morgan fingerprint density at radius 2 is 1.66 bits per heavy atom. The van der Waals surface area contributed by atoms with Crippen molar-refractivity contribution in [3.63, 3.8) is 0 Å². The average Bonchev–Trinajstić information content (AvgIpc) is 3.22. The van der Waals surface area contributed by atoms with Gasteiger partial charge in [0.05, 0.1) is 19.9 Å². The zero-order valence-electron chi connectivity index (χ0n) is 16.0. The van der Waals surface area contributed by atoms with Gasteiger partial charge in [-0.15, -0.1) is 5.10 Å². The number of hydrogen-bond donors (Lipinski definition) is 1. The molecule has 2 N–H and O–H groups in total. The van der Waals surface area contributed by atoms with E-state index in [0.717, 1.165) is 28.2 Å². The van der Waals surface area contributed by atoms with Gasteiger partial charge in [0, 0.05) is 11.8 Å². The molecule has 4 rings (SSSR count). The number of pyridine rings is 1. The Labute approximate surface area is 168 Å². The molecular formula is C22H21N5O2. The number of nitrogens with zero attached hydrogens (tertiary/aromatic N) is 4. The molecule has 0 fully saturated rings. The molecular weight excluding hydrogens is 366 g/mol. The van der Waals surface area contributed by atoms with E-state index in [2.05, 4.69) is 15.3 Å². The maximum Gasteiger partial charge on any atom is 0.132 e. The fraction of sp³-hybridized carbons (Fsp3) is 0.136. The number of hydrogen-bond acceptors (Lipinski definition) is 6. The lowest BCUT2D eigenvalue weighted by Crippen LogP contribution is -2.01. The van der Waals surface area contributed by atoms with Crippen LogP contribution in [-0.4, -0.2) is 27.1 Å². The molecule has 0 amide bonds. The number of methoxy groups -OCH3 is 1. The Morgan fingerprint density at radius 3 is 2.38 bits per heavy atom. The van der Waals surface area contributed by atoms with Gasteiger partial charge in [-0.2, -0.15) is 0 Å². The Morgan fingerprint density at radius 1 is 0.931 bits per heavy atom. The molecule has 0 spiro atoms. The first kappa shape index (κ1) is 18.5. The zero-order chi connectivity index (χ0) is 20.1. The van der Waals surface area contributed by atoms with E-state index in [0.29, 0.717) is 24.7 Å². The van der Waals surface area contributed by atoms with Crippen LogP contribution >= 0.6 is 0 Å². The summed E-state index contributed by atoms with van der Waals surface area (Å²) in [7, 11) is 1.65. The maximum absolute atomic E-state index is 5.91. The van der Waals surface area contributed by atoms with Gasteiger partial charge in [0.2, 0.25) is 0 Å². The molecule has 0 aliphatic rings. The minimum absolute atomic E-state index is 0.443. The first-order valence-electron chi connectivity index (χ1n) is 9.17. The topological polar surface area (TPSA) is 88.1 Å². The van der Waals surface area contributed by atoms with Gasteiger partial charge < -0.3 is 15.2 Å². The summed E-state index contributed by atoms with van der Waals surface area (Å²) >= 11 is 0. The van der Waals surface area contributed by atoms with E-state index in [-0.39, 0.29) is 0 Å². The summed E-state index contributed by atoms with van der Waals surface area (Å²) in [4.78, 5) is 4.09. The highest BCUT2D eigenvalue weighted by atomic mass is 16.5. The van der Waals surface area contributed by atoms with Crippen molar-refractivity contribution in [2.24, 2.45) is 0 Å². The average molecular weight is 387 g/mol. The Bertz CT molecular complexity index is 1080. The summed E-state index contributed by atoms with van der Waals surface area (Å²) < 4.78 is 12.8. The summed E-state index contributed by atoms with van der Waals surface area (Å²) in [6.07, 6.45) is 3.52. The van der Waals surface area contributed by atoms with Crippen molar-refractivity contribution in [3.05, 3.63) is 84.2 Å². The predicted octanol–water partition coefficient (Wildman–Crippen LogP) is 3.56. The third kappa shape index (κ3) is 4.52. The molecule has 0 radical (unpaired) electrons. The van der Waals surface area contributed by atoms with Crippen LogP contribution < -0.4 is 15.2 Å². The van der Waals surface area contributed by atoms with Crippen molar-refractivity contribution in [1.82, 2.24) is 20.0 Å². The molecule has 2 aromatic heterocycles. The van der Waals surface area contributed by atoms with Crippen molar-refractivity contribution >= 4 is 5.82 Å². The monoisotopic (exact) mass is 387 g/mol. The second-order valence-corrected chi connectivity index (χ2v) is 6.52. The highest BCUT2D eigenvalue weighted by molar-refractivity contribution is 5.69. The van der Waals surface area contributed by atoms with Gasteiger partial charge in [0.15, 0.2) is 0 Å². The summed E-state index contributed by atoms with van der Waals surface area (Å²) in [5, 5.41) is 8.38. The van der Waals surface area contributed by atoms with E-state index in [1.165, 1.54) is 0 Å². The fourth-order valence-corrected chi connectivity index (χ4v) is 2.90. The highest BCUT2D eigenvalue weighted by Gasteiger charge is 2.08. The summed E-state index contributed by atoms with van der Waals surface area (Å²) in [5.41, 5.74) is 9.57. The normalized spacial score (nSPS) is 10.7. The van der Waals surface area contributed by atoms with Crippen molar-refractivity contribution in [1.29, 1.82) is 0 Å². The van der Waals surface area contributed by atoms with Gasteiger partial charge in [0.25, 0.3) is 0 Å². The van der Waals surface area contributed by atoms with Gasteiger partial charge in [-0.1, -0.05) is 29.5 Å². The lowest BCUT2D eigenvalue weighted by atomic mass is 10.2. The largest absolute Gasteiger partial charge is 0.497 e. The SMILES string of the molecule is COc1ccc(COc2ccc(Cn3cc(-c4cccnc4N)nn3)cc2)cc1. The van der Waals surface area contributed by atoms with Crippen LogP contribution in [0.1, 0.15) is 11.1 Å². The first-order chi connectivity index (χ1) is 14.2. The standard InChI is InChI=1S/C22H21N5O2/c1-28-18-8-6-17(7-9-18)15-29-19-10-4-16(5-11-19)13-27-14-21(25-26-27)20-3-2-12-24-22(20)23/h2-12,14H,13,15H2,1H3,(H2,23,24). The van der Waals surface area contributed by atoms with E-state index in [9.17, 15) is 0 Å². The fourth-order valence-electron chi connectivity index (χ4n) is 2.90. The van der Waals surface area contributed by atoms with Crippen LogP contribution in [0.25, 0.3) is 11.3 Å². The van der Waals surface area contributed by atoms with E-state index in [1.54, 1.807) is 18.0 Å². The molecule has 146 valence electrons. The van der Waals surface area contributed by atoms with Crippen LogP contribution in [0.3, 0.4) is 0 Å². The van der Waals surface area contributed by atoms with Crippen LogP contribution in [0, 0.1) is 0 Å². The van der Waals surface area contributed by atoms with Crippen LogP contribution in [0.5, 0.6) is 11.5 Å². The molecule has 2 aromatic carbocycles. The number of nitrogen functional groups attached to an aromatic ring is 1. The third-order valence-electron chi connectivity index (χ3n) is 4.49. The maximum atomic E-state index is 5.91. The minimum atomic E-state index is 0.443. The Hall–Kier alpha value is -3.87. The van der Waals surface area contributed by atoms with Crippen LogP contribution in [0.2, 0.25) is 0 Å². The quantitative estimate of drug-likeness (QED) is 0.522. The van der Waals surface area contributed by atoms with Crippen molar-refractivity contribution < 1.29 is 9.47 Å². The first-order valence-corrected chi connectivity index (χ1v) is 9.17. The number of benzene rings is 2. The summed E-state index contributed by atoms with van der Waals surface area (Å²) in [5.74, 6) is 2.09. The molecule has 0 saturated heterocycles. The van der Waals surface area contributed by atoms with Gasteiger partial charge >= 0.3 is 0 Å². The molecule has 0 aliphatic carbocycles. The number of aromatic nitrogens is 4. The van der Waals surface area contributed by atoms with Gasteiger partial charge in [-0.25, -0.2) is 9.67 Å². The van der Waals surface area contributed by atoms with Crippen LogP contribution in [0.4, 0.5) is 5.82 Å². The molecule has 0 saturated carbocycles. The Balaban J connectivity index is 1.36. The van der Waals surface area contributed by atoms with Crippen molar-refractivity contribution in [2.75, 3.05) is 12.8 Å². The zero-order valence-corrected chi connectivity index (χ0v) is 16.0.